The number of fused-ring (bicyclic) bond motifs is 1. The molecule has 0 bridgehead atoms. The third-order valence-corrected chi connectivity index (χ3v) is 7.45. The van der Waals surface area contributed by atoms with Gasteiger partial charge in [-0.1, -0.05) is 13.0 Å². The molecule has 0 saturated heterocycles. The highest BCUT2D eigenvalue weighted by Gasteiger charge is 2.27. The predicted octanol–water partition coefficient (Wildman–Crippen LogP) is 4.46. The smallest absolute Gasteiger partial charge is 0.407 e. The zero-order valence-corrected chi connectivity index (χ0v) is 20.5. The number of pyridine rings is 1. The summed E-state index contributed by atoms with van der Waals surface area (Å²) in [6.07, 6.45) is 8.95. The van der Waals surface area contributed by atoms with Gasteiger partial charge in [-0.3, -0.25) is 14.9 Å². The van der Waals surface area contributed by atoms with E-state index in [2.05, 4.69) is 31.9 Å². The molecule has 1 aliphatic rings. The van der Waals surface area contributed by atoms with Crippen molar-refractivity contribution in [3.05, 3.63) is 64.1 Å². The predicted molar refractivity (Wildman–Crippen MR) is 132 cm³/mol. The SMILES string of the molecule is CC(CC(=O)Nc1sc2c(c1C#N)CCC(COC(=O)NC(C)c1cn[nH]c1)C2)c1cccnc1. The summed E-state index contributed by atoms with van der Waals surface area (Å²) >= 11 is 1.45. The number of ether oxygens (including phenoxy) is 1. The molecule has 1 aliphatic carbocycles. The molecule has 3 N–H and O–H groups in total. The average molecular weight is 493 g/mol. The molecule has 10 heteroatoms. The number of H-pyrrole nitrogens is 1. The number of amides is 2. The highest BCUT2D eigenvalue weighted by Crippen LogP contribution is 2.39. The van der Waals surface area contributed by atoms with Crippen molar-refractivity contribution in [2.24, 2.45) is 5.92 Å². The molecule has 0 aromatic carbocycles. The highest BCUT2D eigenvalue weighted by atomic mass is 32.1. The second kappa shape index (κ2) is 11.1. The number of aromatic nitrogens is 3. The molecule has 0 spiro atoms. The molecule has 0 aliphatic heterocycles. The van der Waals surface area contributed by atoms with Gasteiger partial charge in [0, 0.05) is 35.5 Å². The maximum atomic E-state index is 12.7. The Hall–Kier alpha value is -3.71. The van der Waals surface area contributed by atoms with Gasteiger partial charge < -0.3 is 15.4 Å². The molecule has 4 rings (SSSR count). The van der Waals surface area contributed by atoms with Crippen molar-refractivity contribution in [3.63, 3.8) is 0 Å². The van der Waals surface area contributed by atoms with Crippen LogP contribution in [0.3, 0.4) is 0 Å². The number of rotatable bonds is 8. The van der Waals surface area contributed by atoms with E-state index in [1.807, 2.05) is 26.0 Å². The molecule has 3 aromatic heterocycles. The lowest BCUT2D eigenvalue weighted by Gasteiger charge is -2.22. The third kappa shape index (κ3) is 6.05. The fourth-order valence-electron chi connectivity index (χ4n) is 4.24. The Labute approximate surface area is 207 Å². The van der Waals surface area contributed by atoms with Gasteiger partial charge in [0.05, 0.1) is 24.4 Å². The van der Waals surface area contributed by atoms with Gasteiger partial charge in [0.1, 0.15) is 11.1 Å². The van der Waals surface area contributed by atoms with Crippen molar-refractivity contribution in [1.82, 2.24) is 20.5 Å². The number of nitrogens with zero attached hydrogens (tertiary/aromatic N) is 3. The monoisotopic (exact) mass is 492 g/mol. The second-order valence-corrected chi connectivity index (χ2v) is 9.97. The average Bonchev–Trinajstić information content (AvgIpc) is 3.51. The highest BCUT2D eigenvalue weighted by molar-refractivity contribution is 7.16. The third-order valence-electron chi connectivity index (χ3n) is 6.28. The molecular weight excluding hydrogens is 464 g/mol. The van der Waals surface area contributed by atoms with Crippen molar-refractivity contribution in [1.29, 1.82) is 5.26 Å². The summed E-state index contributed by atoms with van der Waals surface area (Å²) in [5.41, 5.74) is 3.43. The number of carbonyl (C=O) groups is 2. The topological polar surface area (TPSA) is 133 Å². The van der Waals surface area contributed by atoms with Gasteiger partial charge in [0.15, 0.2) is 0 Å². The summed E-state index contributed by atoms with van der Waals surface area (Å²) in [5, 5.41) is 22.7. The summed E-state index contributed by atoms with van der Waals surface area (Å²) in [5.74, 6) is 0.0595. The first-order valence-electron chi connectivity index (χ1n) is 11.6. The van der Waals surface area contributed by atoms with E-state index >= 15 is 0 Å². The van der Waals surface area contributed by atoms with E-state index < -0.39 is 6.09 Å². The van der Waals surface area contributed by atoms with Crippen LogP contribution in [-0.4, -0.2) is 33.8 Å². The van der Waals surface area contributed by atoms with E-state index in [1.165, 1.54) is 11.3 Å². The minimum Gasteiger partial charge on any atom is -0.449 e. The van der Waals surface area contributed by atoms with Crippen LogP contribution in [0.1, 0.15) is 65.8 Å². The van der Waals surface area contributed by atoms with Gasteiger partial charge in [-0.25, -0.2) is 4.79 Å². The van der Waals surface area contributed by atoms with E-state index in [1.54, 1.807) is 24.8 Å². The van der Waals surface area contributed by atoms with Crippen LogP contribution in [0.2, 0.25) is 0 Å². The van der Waals surface area contributed by atoms with E-state index in [9.17, 15) is 14.9 Å². The molecule has 9 nitrogen and oxygen atoms in total. The lowest BCUT2D eigenvalue weighted by atomic mass is 9.88. The van der Waals surface area contributed by atoms with Crippen LogP contribution in [-0.2, 0) is 22.4 Å². The first-order chi connectivity index (χ1) is 16.9. The molecule has 3 atom stereocenters. The van der Waals surface area contributed by atoms with Gasteiger partial charge in [-0.05, 0) is 55.2 Å². The van der Waals surface area contributed by atoms with E-state index in [0.717, 1.165) is 34.4 Å². The maximum absolute atomic E-state index is 12.7. The number of thiophene rings is 1. The first kappa shape index (κ1) is 24.4. The number of alkyl carbamates (subject to hydrolysis) is 1. The minimum absolute atomic E-state index is 0.0210. The number of carbonyl (C=O) groups excluding carboxylic acids is 2. The van der Waals surface area contributed by atoms with E-state index in [0.29, 0.717) is 30.0 Å². The van der Waals surface area contributed by atoms with Crippen molar-refractivity contribution in [2.45, 2.75) is 51.5 Å². The zero-order valence-electron chi connectivity index (χ0n) is 19.7. The van der Waals surface area contributed by atoms with Gasteiger partial charge in [-0.2, -0.15) is 10.4 Å². The molecule has 3 unspecified atom stereocenters. The fourth-order valence-corrected chi connectivity index (χ4v) is 5.57. The molecule has 0 saturated carbocycles. The molecule has 0 fully saturated rings. The standard InChI is InChI=1S/C25H28N6O3S/c1-15(18-4-3-7-27-11-18)8-23(32)31-24-21(10-26)20-6-5-17(9-22(20)35-24)14-34-25(33)30-16(2)19-12-28-29-13-19/h3-4,7,11-13,15-17H,5-6,8-9,14H2,1-2H3,(H,28,29)(H,30,33)(H,31,32). The lowest BCUT2D eigenvalue weighted by Crippen LogP contribution is -2.30. The van der Waals surface area contributed by atoms with Crippen molar-refractivity contribution in [2.75, 3.05) is 11.9 Å². The van der Waals surface area contributed by atoms with Gasteiger partial charge in [0.25, 0.3) is 0 Å². The molecule has 0 radical (unpaired) electrons. The van der Waals surface area contributed by atoms with Crippen LogP contribution in [0, 0.1) is 17.2 Å². The lowest BCUT2D eigenvalue weighted by molar-refractivity contribution is -0.116. The van der Waals surface area contributed by atoms with Crippen LogP contribution < -0.4 is 10.6 Å². The largest absolute Gasteiger partial charge is 0.449 e. The Bertz CT molecular complexity index is 1200. The number of nitriles is 1. The van der Waals surface area contributed by atoms with Crippen LogP contribution >= 0.6 is 11.3 Å². The first-order valence-corrected chi connectivity index (χ1v) is 12.4. The van der Waals surface area contributed by atoms with Gasteiger partial charge in [0.2, 0.25) is 5.91 Å². The Balaban J connectivity index is 1.32. The van der Waals surface area contributed by atoms with Crippen molar-refractivity contribution in [3.8, 4) is 6.07 Å². The summed E-state index contributed by atoms with van der Waals surface area (Å²) < 4.78 is 5.46. The number of hydrogen-bond donors (Lipinski definition) is 3. The molecule has 3 aromatic rings. The quantitative estimate of drug-likeness (QED) is 0.425. The van der Waals surface area contributed by atoms with Gasteiger partial charge >= 0.3 is 6.09 Å². The van der Waals surface area contributed by atoms with Crippen LogP contribution in [0.4, 0.5) is 9.80 Å². The Morgan fingerprint density at radius 3 is 2.91 bits per heavy atom. The Morgan fingerprint density at radius 2 is 2.20 bits per heavy atom. The van der Waals surface area contributed by atoms with Gasteiger partial charge in [-0.15, -0.1) is 11.3 Å². The number of hydrogen-bond acceptors (Lipinski definition) is 7. The number of anilines is 1. The van der Waals surface area contributed by atoms with E-state index in [4.69, 9.17) is 4.74 Å². The second-order valence-electron chi connectivity index (χ2n) is 8.86. The van der Waals surface area contributed by atoms with Crippen LogP contribution in [0.15, 0.2) is 36.9 Å². The molecule has 2 amide bonds. The van der Waals surface area contributed by atoms with Crippen LogP contribution in [0.25, 0.3) is 0 Å². The van der Waals surface area contributed by atoms with Crippen molar-refractivity contribution < 1.29 is 14.3 Å². The normalized spacial score (nSPS) is 16.4. The van der Waals surface area contributed by atoms with Crippen LogP contribution in [0.5, 0.6) is 0 Å². The molecule has 35 heavy (non-hydrogen) atoms. The minimum atomic E-state index is -0.468. The Morgan fingerprint density at radius 1 is 1.34 bits per heavy atom. The number of aromatic amines is 1. The van der Waals surface area contributed by atoms with E-state index in [-0.39, 0.29) is 23.8 Å². The summed E-state index contributed by atoms with van der Waals surface area (Å²) in [7, 11) is 0. The zero-order chi connectivity index (χ0) is 24.8. The molecule has 182 valence electrons. The summed E-state index contributed by atoms with van der Waals surface area (Å²) in [6.45, 7) is 4.15. The summed E-state index contributed by atoms with van der Waals surface area (Å²) in [4.78, 5) is 30.1. The summed E-state index contributed by atoms with van der Waals surface area (Å²) in [6, 6.07) is 5.88. The fraction of sp³-hybridized carbons (Fsp3) is 0.400. The van der Waals surface area contributed by atoms with Crippen molar-refractivity contribution >= 4 is 28.3 Å². The maximum Gasteiger partial charge on any atom is 0.407 e. The molecular formula is C25H28N6O3S. The molecule has 3 heterocycles. The number of nitrogens with one attached hydrogen (secondary N) is 3. The Kier molecular flexibility index (Phi) is 7.77.